The summed E-state index contributed by atoms with van der Waals surface area (Å²) in [5, 5.41) is 0. The minimum atomic E-state index is -0.169. The molecule has 1 atom stereocenters. The van der Waals surface area contributed by atoms with Gasteiger partial charge >= 0.3 is 0 Å². The van der Waals surface area contributed by atoms with Gasteiger partial charge in [0.05, 0.1) is 6.54 Å². The van der Waals surface area contributed by atoms with Gasteiger partial charge in [0.25, 0.3) is 5.91 Å². The van der Waals surface area contributed by atoms with Crippen LogP contribution >= 0.6 is 0 Å². The summed E-state index contributed by atoms with van der Waals surface area (Å²) in [6.07, 6.45) is 3.50. The minimum Gasteiger partial charge on any atom is -0.491 e. The number of carbonyl (C=O) groups is 1. The lowest BCUT2D eigenvalue weighted by atomic mass is 9.98. The van der Waals surface area contributed by atoms with E-state index in [1.54, 1.807) is 11.1 Å². The van der Waals surface area contributed by atoms with Gasteiger partial charge in [-0.05, 0) is 42.3 Å². The Kier molecular flexibility index (Phi) is 5.60. The Morgan fingerprint density at radius 1 is 1.09 bits per heavy atom. The van der Waals surface area contributed by atoms with Gasteiger partial charge in [-0.2, -0.15) is 0 Å². The molecule has 0 aliphatic carbocycles. The van der Waals surface area contributed by atoms with Crippen LogP contribution in [0.3, 0.4) is 0 Å². The van der Waals surface area contributed by atoms with Crippen molar-refractivity contribution >= 4 is 11.6 Å². The summed E-state index contributed by atoms with van der Waals surface area (Å²) in [4.78, 5) is 19.5. The molecule has 162 valence electrons. The lowest BCUT2D eigenvalue weighted by Gasteiger charge is -2.21. The fourth-order valence-electron chi connectivity index (χ4n) is 4.13. The molecule has 2 aromatic heterocycles. The molecule has 4 aromatic rings. The highest BCUT2D eigenvalue weighted by molar-refractivity contribution is 5.93. The largest absolute Gasteiger partial charge is 0.491 e. The normalized spacial score (nSPS) is 14.5. The van der Waals surface area contributed by atoms with Crippen molar-refractivity contribution in [2.75, 3.05) is 19.8 Å². The third kappa shape index (κ3) is 3.97. The summed E-state index contributed by atoms with van der Waals surface area (Å²) < 4.78 is 13.9. The smallest absolute Gasteiger partial charge is 0.274 e. The van der Waals surface area contributed by atoms with Gasteiger partial charge in [0.15, 0.2) is 0 Å². The maximum absolute atomic E-state index is 13.2. The number of hydrogen-bond acceptors (Lipinski definition) is 4. The zero-order chi connectivity index (χ0) is 21.9. The maximum atomic E-state index is 13.2. The van der Waals surface area contributed by atoms with Crippen LogP contribution in [0.25, 0.3) is 5.65 Å². The minimum absolute atomic E-state index is 0.0972. The Morgan fingerprint density at radius 2 is 1.94 bits per heavy atom. The fraction of sp³-hybridized carbons (Fsp3) is 0.231. The summed E-state index contributed by atoms with van der Waals surface area (Å²) in [5.41, 5.74) is 4.31. The summed E-state index contributed by atoms with van der Waals surface area (Å²) in [6, 6.07) is 22.0. The van der Waals surface area contributed by atoms with Crippen LogP contribution in [0.2, 0.25) is 0 Å². The zero-order valence-electron chi connectivity index (χ0n) is 18.0. The van der Waals surface area contributed by atoms with E-state index in [4.69, 9.17) is 9.47 Å². The molecule has 1 amide bonds. The number of pyridine rings is 1. The third-order valence-corrected chi connectivity index (χ3v) is 5.67. The Hall–Kier alpha value is -3.64. The number of aromatic nitrogens is 2. The average Bonchev–Trinajstić information content (AvgIpc) is 3.15. The van der Waals surface area contributed by atoms with Crippen LogP contribution in [0.15, 0.2) is 79.1 Å². The van der Waals surface area contributed by atoms with E-state index in [1.807, 2.05) is 66.1 Å². The number of amides is 1. The van der Waals surface area contributed by atoms with Crippen LogP contribution in [-0.2, 0) is 11.3 Å². The van der Waals surface area contributed by atoms with Crippen LogP contribution in [0.5, 0.6) is 5.75 Å². The van der Waals surface area contributed by atoms with Gasteiger partial charge in [0.1, 0.15) is 29.8 Å². The highest BCUT2D eigenvalue weighted by Crippen LogP contribution is 2.32. The van der Waals surface area contributed by atoms with Crippen LogP contribution in [0.4, 0.5) is 0 Å². The second-order valence-electron chi connectivity index (χ2n) is 7.78. The van der Waals surface area contributed by atoms with Crippen LogP contribution in [-0.4, -0.2) is 40.0 Å². The van der Waals surface area contributed by atoms with Crippen molar-refractivity contribution in [3.8, 4) is 5.75 Å². The maximum Gasteiger partial charge on any atom is 0.274 e. The van der Waals surface area contributed by atoms with Crippen molar-refractivity contribution in [1.29, 1.82) is 0 Å². The molecule has 0 spiro atoms. The summed E-state index contributed by atoms with van der Waals surface area (Å²) in [5.74, 6) is 0.710. The second-order valence-corrected chi connectivity index (χ2v) is 7.78. The van der Waals surface area contributed by atoms with E-state index < -0.39 is 0 Å². The SMILES string of the molecule is CCO[C@@H](c1ccccc1)c1ccc2c(c1)CN(C(=O)c1cn3ccccc3n1)CCO2. The first kappa shape index (κ1) is 20.3. The van der Waals surface area contributed by atoms with Crippen molar-refractivity contribution in [2.24, 2.45) is 0 Å². The van der Waals surface area contributed by atoms with E-state index >= 15 is 0 Å². The van der Waals surface area contributed by atoms with Crippen LogP contribution in [0.1, 0.15) is 40.2 Å². The van der Waals surface area contributed by atoms with E-state index in [0.29, 0.717) is 32.0 Å². The van der Waals surface area contributed by atoms with Crippen LogP contribution < -0.4 is 4.74 Å². The molecule has 2 aromatic carbocycles. The molecule has 5 rings (SSSR count). The summed E-state index contributed by atoms with van der Waals surface area (Å²) in [6.45, 7) is 4.01. The molecule has 1 aliphatic heterocycles. The first-order valence-corrected chi connectivity index (χ1v) is 10.9. The average molecular weight is 428 g/mol. The Labute approximate surface area is 187 Å². The van der Waals surface area contributed by atoms with Crippen molar-refractivity contribution in [3.63, 3.8) is 0 Å². The van der Waals surface area contributed by atoms with Crippen LogP contribution in [0, 0.1) is 0 Å². The Morgan fingerprint density at radius 3 is 2.75 bits per heavy atom. The van der Waals surface area contributed by atoms with E-state index in [2.05, 4.69) is 23.2 Å². The monoisotopic (exact) mass is 427 g/mol. The molecule has 3 heterocycles. The molecule has 0 bridgehead atoms. The molecule has 0 N–H and O–H groups in total. The predicted octanol–water partition coefficient (Wildman–Crippen LogP) is 4.50. The van der Waals surface area contributed by atoms with Gasteiger partial charge in [0.2, 0.25) is 0 Å². The second kappa shape index (κ2) is 8.85. The van der Waals surface area contributed by atoms with Crippen molar-refractivity contribution in [2.45, 2.75) is 19.6 Å². The molecule has 32 heavy (non-hydrogen) atoms. The number of hydrogen-bond donors (Lipinski definition) is 0. The van der Waals surface area contributed by atoms with Gasteiger partial charge in [-0.25, -0.2) is 4.98 Å². The highest BCUT2D eigenvalue weighted by Gasteiger charge is 2.24. The number of benzene rings is 2. The number of imidazole rings is 1. The molecule has 0 unspecified atom stereocenters. The molecule has 0 saturated carbocycles. The zero-order valence-corrected chi connectivity index (χ0v) is 18.0. The Bertz CT molecular complexity index is 1200. The number of nitrogens with zero attached hydrogens (tertiary/aromatic N) is 3. The van der Waals surface area contributed by atoms with Gasteiger partial charge < -0.3 is 18.8 Å². The van der Waals surface area contributed by atoms with Crippen molar-refractivity contribution in [3.05, 3.63) is 102 Å². The predicted molar refractivity (Wildman–Crippen MR) is 122 cm³/mol. The standard InChI is InChI=1S/C26H25N3O3/c1-2-31-25(19-8-4-3-5-9-19)20-11-12-23-21(16-20)17-29(14-15-32-23)26(30)22-18-28-13-7-6-10-24(28)27-22/h3-13,16,18,25H,2,14-15,17H2,1H3/t25-/m0/s1. The number of fused-ring (bicyclic) bond motifs is 2. The van der Waals surface area contributed by atoms with Gasteiger partial charge in [-0.15, -0.1) is 0 Å². The van der Waals surface area contributed by atoms with Crippen molar-refractivity contribution in [1.82, 2.24) is 14.3 Å². The van der Waals surface area contributed by atoms with E-state index in [0.717, 1.165) is 28.1 Å². The molecule has 0 saturated heterocycles. The molecule has 6 heteroatoms. The first-order chi connectivity index (χ1) is 15.7. The van der Waals surface area contributed by atoms with E-state index in [9.17, 15) is 4.79 Å². The summed E-state index contributed by atoms with van der Waals surface area (Å²) >= 11 is 0. The molecule has 0 fully saturated rings. The van der Waals surface area contributed by atoms with Gasteiger partial charge in [-0.1, -0.05) is 42.5 Å². The van der Waals surface area contributed by atoms with Gasteiger partial charge in [0, 0.05) is 31.1 Å². The lowest BCUT2D eigenvalue weighted by Crippen LogP contribution is -2.32. The fourth-order valence-corrected chi connectivity index (χ4v) is 4.13. The van der Waals surface area contributed by atoms with Gasteiger partial charge in [-0.3, -0.25) is 4.79 Å². The summed E-state index contributed by atoms with van der Waals surface area (Å²) in [7, 11) is 0. The Balaban J connectivity index is 1.44. The number of carbonyl (C=O) groups excluding carboxylic acids is 1. The highest BCUT2D eigenvalue weighted by atomic mass is 16.5. The third-order valence-electron chi connectivity index (χ3n) is 5.67. The molecule has 0 radical (unpaired) electrons. The molecular formula is C26H25N3O3. The molecule has 1 aliphatic rings. The number of rotatable bonds is 5. The van der Waals surface area contributed by atoms with E-state index in [1.165, 1.54) is 0 Å². The number of ether oxygens (including phenoxy) is 2. The first-order valence-electron chi connectivity index (χ1n) is 10.9. The molecular weight excluding hydrogens is 402 g/mol. The van der Waals surface area contributed by atoms with Crippen molar-refractivity contribution < 1.29 is 14.3 Å². The topological polar surface area (TPSA) is 56.1 Å². The van der Waals surface area contributed by atoms with E-state index in [-0.39, 0.29) is 12.0 Å². The quantitative estimate of drug-likeness (QED) is 0.471. The molecule has 6 nitrogen and oxygen atoms in total. The lowest BCUT2D eigenvalue weighted by molar-refractivity contribution is 0.0728.